The maximum absolute atomic E-state index is 13.4. The van der Waals surface area contributed by atoms with E-state index in [9.17, 15) is 9.59 Å². The molecule has 0 spiro atoms. The summed E-state index contributed by atoms with van der Waals surface area (Å²) < 4.78 is 0. The Morgan fingerprint density at radius 3 is 2.34 bits per heavy atom. The van der Waals surface area contributed by atoms with Gasteiger partial charge in [0.1, 0.15) is 0 Å². The van der Waals surface area contributed by atoms with Crippen molar-refractivity contribution in [3.8, 4) is 0 Å². The van der Waals surface area contributed by atoms with Crippen LogP contribution < -0.4 is 5.32 Å². The molecule has 1 aromatic rings. The molecule has 35 heavy (non-hydrogen) atoms. The lowest BCUT2D eigenvalue weighted by molar-refractivity contribution is -0.143. The molecule has 5 nitrogen and oxygen atoms in total. The number of nitrogens with one attached hydrogen (secondary N) is 1. The van der Waals surface area contributed by atoms with E-state index in [4.69, 9.17) is 23.2 Å². The maximum Gasteiger partial charge on any atom is 0.255 e. The van der Waals surface area contributed by atoms with Crippen molar-refractivity contribution in [3.63, 3.8) is 0 Å². The summed E-state index contributed by atoms with van der Waals surface area (Å²) in [6.45, 7) is 5.81. The summed E-state index contributed by atoms with van der Waals surface area (Å²) in [6.07, 6.45) is 14.3. The van der Waals surface area contributed by atoms with Crippen LogP contribution in [0.15, 0.2) is 71.1 Å². The van der Waals surface area contributed by atoms with Gasteiger partial charge in [-0.2, -0.15) is 0 Å². The minimum atomic E-state index is -0.253. The van der Waals surface area contributed by atoms with Crippen LogP contribution in [-0.2, 0) is 4.79 Å². The van der Waals surface area contributed by atoms with Gasteiger partial charge >= 0.3 is 0 Å². The third kappa shape index (κ3) is 6.20. The van der Waals surface area contributed by atoms with Gasteiger partial charge in [0.25, 0.3) is 5.91 Å². The zero-order valence-corrected chi connectivity index (χ0v) is 21.9. The Hall–Kier alpha value is -2.50. The van der Waals surface area contributed by atoms with Gasteiger partial charge in [-0.15, -0.1) is 0 Å². The largest absolute Gasteiger partial charge is 0.370 e. The molecule has 2 aliphatic heterocycles. The molecule has 0 bridgehead atoms. The van der Waals surface area contributed by atoms with Gasteiger partial charge in [-0.25, -0.2) is 0 Å². The molecule has 2 saturated heterocycles. The zero-order chi connectivity index (χ0) is 24.9. The Morgan fingerprint density at radius 1 is 0.971 bits per heavy atom. The Kier molecular flexibility index (Phi) is 8.40. The molecule has 4 rings (SSSR count). The summed E-state index contributed by atoms with van der Waals surface area (Å²) in [5, 5.41) is 4.05. The van der Waals surface area contributed by atoms with Crippen LogP contribution in [0.4, 0.5) is 0 Å². The standard InChI is InChI=1S/C28H33Cl2N3O2/c1-19-7-5-8-20(2)33(19)28(35)21-13-15-32(16-14-21)26-12-4-3-10-24(30)18-25(26)31-27(34)22-9-6-11-23(29)17-22/h3-4,6,9-12,17-21H,5,7-8,13-16H2,1-2H3,(H,31,34). The van der Waals surface area contributed by atoms with E-state index in [0.717, 1.165) is 44.5 Å². The van der Waals surface area contributed by atoms with Crippen molar-refractivity contribution in [2.75, 3.05) is 13.1 Å². The summed E-state index contributed by atoms with van der Waals surface area (Å²) in [5.74, 6) is 0.0830. The Morgan fingerprint density at radius 2 is 1.66 bits per heavy atom. The molecule has 2 atom stereocenters. The lowest BCUT2D eigenvalue weighted by atomic mass is 9.90. The smallest absolute Gasteiger partial charge is 0.255 e. The number of carbonyl (C=O) groups is 2. The highest BCUT2D eigenvalue weighted by Gasteiger charge is 2.35. The van der Waals surface area contributed by atoms with Crippen molar-refractivity contribution >= 4 is 35.0 Å². The van der Waals surface area contributed by atoms with Gasteiger partial charge in [-0.1, -0.05) is 41.4 Å². The zero-order valence-electron chi connectivity index (χ0n) is 20.3. The average molecular weight is 514 g/mol. The summed E-state index contributed by atoms with van der Waals surface area (Å²) >= 11 is 12.5. The van der Waals surface area contributed by atoms with Crippen LogP contribution in [0.1, 0.15) is 56.3 Å². The number of piperidine rings is 2. The first-order valence-electron chi connectivity index (χ1n) is 12.4. The third-order valence-corrected chi connectivity index (χ3v) is 7.62. The van der Waals surface area contributed by atoms with Crippen LogP contribution in [-0.4, -0.2) is 46.8 Å². The van der Waals surface area contributed by atoms with E-state index in [1.54, 1.807) is 36.4 Å². The fourth-order valence-corrected chi connectivity index (χ4v) is 5.65. The highest BCUT2D eigenvalue weighted by Crippen LogP contribution is 2.30. The molecule has 2 heterocycles. The predicted molar refractivity (Wildman–Crippen MR) is 142 cm³/mol. The van der Waals surface area contributed by atoms with Crippen LogP contribution >= 0.6 is 23.2 Å². The van der Waals surface area contributed by atoms with Gasteiger partial charge in [-0.3, -0.25) is 9.59 Å². The van der Waals surface area contributed by atoms with Gasteiger partial charge in [0.15, 0.2) is 0 Å². The number of amides is 2. The predicted octanol–water partition coefficient (Wildman–Crippen LogP) is 6.03. The maximum atomic E-state index is 13.4. The van der Waals surface area contributed by atoms with Gasteiger partial charge < -0.3 is 15.1 Å². The number of nitrogens with zero attached hydrogens (tertiary/aromatic N) is 2. The molecule has 3 aliphatic rings. The van der Waals surface area contributed by atoms with Gasteiger partial charge in [0, 0.05) is 46.7 Å². The van der Waals surface area contributed by atoms with Crippen molar-refractivity contribution in [2.45, 2.75) is 58.0 Å². The summed E-state index contributed by atoms with van der Waals surface area (Å²) in [6, 6.07) is 7.48. The van der Waals surface area contributed by atoms with E-state index in [1.807, 2.05) is 18.2 Å². The number of likely N-dealkylation sites (tertiary alicyclic amines) is 2. The van der Waals surface area contributed by atoms with Gasteiger partial charge in [0.05, 0.1) is 11.4 Å². The molecule has 1 N–H and O–H groups in total. The molecular weight excluding hydrogens is 481 g/mol. The first kappa shape index (κ1) is 25.6. The second-order valence-corrected chi connectivity index (χ2v) is 10.5. The summed E-state index contributed by atoms with van der Waals surface area (Å²) in [7, 11) is 0. The fourth-order valence-electron chi connectivity index (χ4n) is 5.28. The van der Waals surface area contributed by atoms with Crippen LogP contribution in [0.5, 0.6) is 0 Å². The van der Waals surface area contributed by atoms with Crippen molar-refractivity contribution < 1.29 is 9.59 Å². The van der Waals surface area contributed by atoms with E-state index < -0.39 is 0 Å². The van der Waals surface area contributed by atoms with Crippen molar-refractivity contribution in [2.24, 2.45) is 5.92 Å². The second-order valence-electron chi connectivity index (χ2n) is 9.65. The molecule has 0 aromatic heterocycles. The van der Waals surface area contributed by atoms with E-state index in [0.29, 0.717) is 39.3 Å². The van der Waals surface area contributed by atoms with Gasteiger partial charge in [-0.05, 0) is 82.4 Å². The van der Waals surface area contributed by atoms with Crippen LogP contribution in [0.2, 0.25) is 5.02 Å². The third-order valence-electron chi connectivity index (χ3n) is 7.15. The molecular formula is C28H33Cl2N3O2. The number of halogens is 2. The number of allylic oxidation sites excluding steroid dienone is 6. The fraction of sp³-hybridized carbons (Fsp3) is 0.429. The average Bonchev–Trinajstić information content (AvgIpc) is 2.82. The lowest BCUT2D eigenvalue weighted by Crippen LogP contribution is -2.51. The second kappa shape index (κ2) is 11.5. The highest BCUT2D eigenvalue weighted by atomic mass is 35.5. The molecule has 0 radical (unpaired) electrons. The Bertz CT molecular complexity index is 1070. The van der Waals surface area contributed by atoms with Crippen molar-refractivity contribution in [3.05, 3.63) is 81.7 Å². The van der Waals surface area contributed by atoms with Crippen molar-refractivity contribution in [1.29, 1.82) is 0 Å². The van der Waals surface area contributed by atoms with Crippen LogP contribution in [0.3, 0.4) is 0 Å². The number of hydrogen-bond donors (Lipinski definition) is 1. The number of hydrogen-bond acceptors (Lipinski definition) is 3. The van der Waals surface area contributed by atoms with Gasteiger partial charge in [0.2, 0.25) is 5.91 Å². The highest BCUT2D eigenvalue weighted by molar-refractivity contribution is 6.31. The molecule has 0 saturated carbocycles. The molecule has 186 valence electrons. The normalized spacial score (nSPS) is 23.6. The minimum absolute atomic E-state index is 0.0379. The van der Waals surface area contributed by atoms with Crippen LogP contribution in [0.25, 0.3) is 0 Å². The molecule has 2 fully saturated rings. The number of benzene rings is 1. The SMILES string of the molecule is CC1CCCC(C)N1C(=O)C1CCN(C2=C(NC(=O)c3cccc(Cl)c3)C=C(Cl)C=CC=C2)CC1. The Balaban J connectivity index is 1.52. The minimum Gasteiger partial charge on any atom is -0.370 e. The summed E-state index contributed by atoms with van der Waals surface area (Å²) in [4.78, 5) is 30.7. The van der Waals surface area contributed by atoms with E-state index in [1.165, 1.54) is 6.42 Å². The lowest BCUT2D eigenvalue weighted by Gasteiger charge is -2.43. The number of rotatable bonds is 4. The monoisotopic (exact) mass is 513 g/mol. The molecule has 2 amide bonds. The van der Waals surface area contributed by atoms with Crippen LogP contribution in [0, 0.1) is 5.92 Å². The molecule has 7 heteroatoms. The summed E-state index contributed by atoms with van der Waals surface area (Å²) in [5.41, 5.74) is 1.99. The molecule has 1 aliphatic carbocycles. The Labute approximate surface area is 218 Å². The van der Waals surface area contributed by atoms with E-state index in [2.05, 4.69) is 29.0 Å². The first-order valence-corrected chi connectivity index (χ1v) is 13.2. The molecule has 1 aromatic carbocycles. The van der Waals surface area contributed by atoms with E-state index in [-0.39, 0.29) is 11.8 Å². The van der Waals surface area contributed by atoms with Crippen molar-refractivity contribution in [1.82, 2.24) is 15.1 Å². The molecule has 2 unspecified atom stereocenters. The quantitative estimate of drug-likeness (QED) is 0.534. The number of carbonyl (C=O) groups excluding carboxylic acids is 2. The first-order chi connectivity index (χ1) is 16.8. The van der Waals surface area contributed by atoms with E-state index >= 15 is 0 Å². The topological polar surface area (TPSA) is 52.7 Å².